The molecule has 0 spiro atoms. The van der Waals surface area contributed by atoms with Crippen molar-refractivity contribution in [2.75, 3.05) is 5.75 Å². The predicted octanol–water partition coefficient (Wildman–Crippen LogP) is 3.90. The molecule has 2 N–H and O–H groups in total. The van der Waals surface area contributed by atoms with E-state index < -0.39 is 11.6 Å². The van der Waals surface area contributed by atoms with E-state index in [4.69, 9.17) is 5.73 Å². The Labute approximate surface area is 113 Å². The first kappa shape index (κ1) is 14.0. The third-order valence-electron chi connectivity index (χ3n) is 2.62. The normalized spacial score (nSPS) is 12.4. The van der Waals surface area contributed by atoms with E-state index in [0.29, 0.717) is 10.6 Å². The Bertz CT molecular complexity index is 557. The number of halogens is 3. The second kappa shape index (κ2) is 6.12. The van der Waals surface area contributed by atoms with Gasteiger partial charge in [0.1, 0.15) is 5.82 Å². The van der Waals surface area contributed by atoms with E-state index in [1.165, 1.54) is 30.0 Å². The second-order valence-corrected chi connectivity index (χ2v) is 5.14. The van der Waals surface area contributed by atoms with Crippen molar-refractivity contribution in [1.29, 1.82) is 0 Å². The van der Waals surface area contributed by atoms with Crippen LogP contribution in [0.15, 0.2) is 47.4 Å². The molecule has 2 aromatic carbocycles. The molecule has 100 valence electrons. The minimum Gasteiger partial charge on any atom is -0.323 e. The molecule has 1 nitrogen and oxygen atoms in total. The largest absolute Gasteiger partial charge is 0.323 e. The van der Waals surface area contributed by atoms with Crippen LogP contribution in [-0.4, -0.2) is 5.75 Å². The van der Waals surface area contributed by atoms with Crippen LogP contribution in [0.4, 0.5) is 13.2 Å². The summed E-state index contributed by atoms with van der Waals surface area (Å²) >= 11 is 1.33. The molecule has 1 atom stereocenters. The summed E-state index contributed by atoms with van der Waals surface area (Å²) in [7, 11) is 0. The van der Waals surface area contributed by atoms with Crippen LogP contribution in [0, 0.1) is 17.5 Å². The maximum Gasteiger partial charge on any atom is 0.159 e. The van der Waals surface area contributed by atoms with Crippen molar-refractivity contribution in [3.05, 3.63) is 65.5 Å². The van der Waals surface area contributed by atoms with E-state index in [1.807, 2.05) is 0 Å². The van der Waals surface area contributed by atoms with Crippen LogP contribution in [0.1, 0.15) is 11.6 Å². The number of thioether (sulfide) groups is 1. The first-order valence-electron chi connectivity index (χ1n) is 5.65. The Balaban J connectivity index is 1.98. The van der Waals surface area contributed by atoms with Gasteiger partial charge in [-0.3, -0.25) is 0 Å². The zero-order valence-corrected chi connectivity index (χ0v) is 10.8. The molecule has 0 saturated carbocycles. The van der Waals surface area contributed by atoms with Gasteiger partial charge < -0.3 is 5.73 Å². The van der Waals surface area contributed by atoms with Crippen LogP contribution >= 0.6 is 11.8 Å². The Morgan fingerprint density at radius 1 is 0.947 bits per heavy atom. The number of hydrogen-bond donors (Lipinski definition) is 1. The maximum atomic E-state index is 13.0. The summed E-state index contributed by atoms with van der Waals surface area (Å²) < 4.78 is 38.5. The second-order valence-electron chi connectivity index (χ2n) is 4.04. The number of rotatable bonds is 4. The van der Waals surface area contributed by atoms with Gasteiger partial charge in [0.05, 0.1) is 0 Å². The highest BCUT2D eigenvalue weighted by atomic mass is 32.2. The van der Waals surface area contributed by atoms with Crippen LogP contribution in [0.3, 0.4) is 0 Å². The van der Waals surface area contributed by atoms with Crippen molar-refractivity contribution in [1.82, 2.24) is 0 Å². The molecule has 0 heterocycles. The standard InChI is InChI=1S/C14H12F3NS/c15-10-3-1-9(2-4-10)14(18)8-19-11-5-6-12(16)13(17)7-11/h1-7,14H,8,18H2. The minimum absolute atomic E-state index is 0.293. The average molecular weight is 283 g/mol. The zero-order chi connectivity index (χ0) is 13.8. The molecule has 0 aliphatic carbocycles. The smallest absolute Gasteiger partial charge is 0.159 e. The summed E-state index contributed by atoms with van der Waals surface area (Å²) in [5, 5.41) is 0. The molecule has 0 aliphatic rings. The van der Waals surface area contributed by atoms with Gasteiger partial charge in [-0.1, -0.05) is 12.1 Å². The van der Waals surface area contributed by atoms with Gasteiger partial charge in [0.2, 0.25) is 0 Å². The van der Waals surface area contributed by atoms with Crippen molar-refractivity contribution in [2.45, 2.75) is 10.9 Å². The van der Waals surface area contributed by atoms with E-state index in [9.17, 15) is 13.2 Å². The molecular weight excluding hydrogens is 271 g/mol. The lowest BCUT2D eigenvalue weighted by Crippen LogP contribution is -2.12. The predicted molar refractivity (Wildman–Crippen MR) is 70.4 cm³/mol. The van der Waals surface area contributed by atoms with Crippen molar-refractivity contribution in [3.63, 3.8) is 0 Å². The lowest BCUT2D eigenvalue weighted by molar-refractivity contribution is 0.506. The van der Waals surface area contributed by atoms with Crippen LogP contribution < -0.4 is 5.73 Å². The van der Waals surface area contributed by atoms with Gasteiger partial charge in [0, 0.05) is 16.7 Å². The fraction of sp³-hybridized carbons (Fsp3) is 0.143. The number of hydrogen-bond acceptors (Lipinski definition) is 2. The van der Waals surface area contributed by atoms with E-state index in [1.54, 1.807) is 12.1 Å². The van der Waals surface area contributed by atoms with Crippen molar-refractivity contribution in [3.8, 4) is 0 Å². The molecule has 0 amide bonds. The molecular formula is C14H12F3NS. The molecule has 2 rings (SSSR count). The molecule has 0 bridgehead atoms. The molecule has 0 aliphatic heterocycles. The highest BCUT2D eigenvalue weighted by Gasteiger charge is 2.08. The molecule has 0 saturated heterocycles. The third kappa shape index (κ3) is 3.75. The van der Waals surface area contributed by atoms with Gasteiger partial charge in [0.15, 0.2) is 11.6 Å². The highest BCUT2D eigenvalue weighted by Crippen LogP contribution is 2.24. The molecule has 0 radical (unpaired) electrons. The Hall–Kier alpha value is -1.46. The summed E-state index contributed by atoms with van der Waals surface area (Å²) in [4.78, 5) is 0.608. The molecule has 1 unspecified atom stereocenters. The number of benzene rings is 2. The lowest BCUT2D eigenvalue weighted by Gasteiger charge is -2.11. The van der Waals surface area contributed by atoms with E-state index in [0.717, 1.165) is 17.7 Å². The maximum absolute atomic E-state index is 13.0. The summed E-state index contributed by atoms with van der Waals surface area (Å²) in [6.45, 7) is 0. The zero-order valence-electron chi connectivity index (χ0n) is 9.95. The Kier molecular flexibility index (Phi) is 4.50. The Morgan fingerprint density at radius 3 is 2.26 bits per heavy atom. The monoisotopic (exact) mass is 283 g/mol. The van der Waals surface area contributed by atoms with Gasteiger partial charge >= 0.3 is 0 Å². The van der Waals surface area contributed by atoms with Gasteiger partial charge in [-0.25, -0.2) is 13.2 Å². The molecule has 0 aromatic heterocycles. The van der Waals surface area contributed by atoms with E-state index in [2.05, 4.69) is 0 Å². The van der Waals surface area contributed by atoms with Crippen molar-refractivity contribution in [2.24, 2.45) is 5.73 Å². The van der Waals surface area contributed by atoms with Gasteiger partial charge in [0.25, 0.3) is 0 Å². The topological polar surface area (TPSA) is 26.0 Å². The van der Waals surface area contributed by atoms with Crippen molar-refractivity contribution < 1.29 is 13.2 Å². The first-order chi connectivity index (χ1) is 9.06. The summed E-state index contributed by atoms with van der Waals surface area (Å²) in [5.74, 6) is -1.56. The van der Waals surface area contributed by atoms with Crippen LogP contribution in [0.2, 0.25) is 0 Å². The summed E-state index contributed by atoms with van der Waals surface area (Å²) in [6.07, 6.45) is 0. The van der Waals surface area contributed by atoms with E-state index >= 15 is 0 Å². The fourth-order valence-corrected chi connectivity index (χ4v) is 2.47. The van der Waals surface area contributed by atoms with Gasteiger partial charge in [-0.2, -0.15) is 0 Å². The van der Waals surface area contributed by atoms with Gasteiger partial charge in [-0.05, 0) is 35.9 Å². The van der Waals surface area contributed by atoms with Crippen molar-refractivity contribution >= 4 is 11.8 Å². The lowest BCUT2D eigenvalue weighted by atomic mass is 10.1. The van der Waals surface area contributed by atoms with Crippen LogP contribution in [-0.2, 0) is 0 Å². The minimum atomic E-state index is -0.875. The summed E-state index contributed by atoms with van der Waals surface area (Å²) in [5.41, 5.74) is 6.75. The van der Waals surface area contributed by atoms with Crippen LogP contribution in [0.25, 0.3) is 0 Å². The van der Waals surface area contributed by atoms with Gasteiger partial charge in [-0.15, -0.1) is 11.8 Å². The Morgan fingerprint density at radius 2 is 1.63 bits per heavy atom. The number of nitrogens with two attached hydrogens (primary N) is 1. The quantitative estimate of drug-likeness (QED) is 0.861. The van der Waals surface area contributed by atoms with Crippen LogP contribution in [0.5, 0.6) is 0 Å². The fourth-order valence-electron chi connectivity index (χ4n) is 1.56. The van der Waals surface area contributed by atoms with E-state index in [-0.39, 0.29) is 11.9 Å². The SMILES string of the molecule is NC(CSc1ccc(F)c(F)c1)c1ccc(F)cc1. The average Bonchev–Trinajstić information content (AvgIpc) is 2.40. The molecule has 0 fully saturated rings. The third-order valence-corrected chi connectivity index (χ3v) is 3.73. The molecule has 2 aromatic rings. The highest BCUT2D eigenvalue weighted by molar-refractivity contribution is 7.99. The molecule has 5 heteroatoms. The first-order valence-corrected chi connectivity index (χ1v) is 6.64. The molecule has 19 heavy (non-hydrogen) atoms. The summed E-state index contributed by atoms with van der Waals surface area (Å²) in [6, 6.07) is 9.35.